The van der Waals surface area contributed by atoms with Gasteiger partial charge in [-0.05, 0) is 6.92 Å². The number of aryl methyl sites for hydroxylation is 1. The Hall–Kier alpha value is -0.850. The van der Waals surface area contributed by atoms with Crippen LogP contribution >= 0.6 is 0 Å². The Labute approximate surface area is 68.4 Å². The van der Waals surface area contributed by atoms with E-state index in [1.54, 1.807) is 0 Å². The molecule has 0 aliphatic heterocycles. The molecule has 0 aromatic carbocycles. The molecule has 1 aromatic heterocycles. The first kappa shape index (κ1) is 9.24. The highest BCUT2D eigenvalue weighted by molar-refractivity contribution is 7.86. The van der Waals surface area contributed by atoms with Gasteiger partial charge in [-0.3, -0.25) is 5.10 Å². The van der Waals surface area contributed by atoms with Gasteiger partial charge < -0.3 is 0 Å². The number of aromatic nitrogens is 2. The molecule has 12 heavy (non-hydrogen) atoms. The number of H-pyrrole nitrogens is 1. The van der Waals surface area contributed by atoms with Crippen LogP contribution in [0.15, 0.2) is 11.1 Å². The summed E-state index contributed by atoms with van der Waals surface area (Å²) < 4.78 is 46.2. The topological polar surface area (TPSA) is 45.8 Å². The van der Waals surface area contributed by atoms with E-state index >= 15 is 0 Å². The van der Waals surface area contributed by atoms with Gasteiger partial charge in [-0.25, -0.2) is 4.21 Å². The van der Waals surface area contributed by atoms with Gasteiger partial charge in [-0.1, -0.05) is 0 Å². The van der Waals surface area contributed by atoms with Gasteiger partial charge in [0.1, 0.15) is 0 Å². The van der Waals surface area contributed by atoms with Gasteiger partial charge in [0.05, 0.1) is 11.1 Å². The molecule has 0 fully saturated rings. The summed E-state index contributed by atoms with van der Waals surface area (Å²) in [5.41, 5.74) is -4.54. The molecule has 0 aliphatic carbocycles. The van der Waals surface area contributed by atoms with Crippen LogP contribution in [0, 0.1) is 6.92 Å². The summed E-state index contributed by atoms with van der Waals surface area (Å²) in [6, 6.07) is 0. The highest BCUT2D eigenvalue weighted by Gasteiger charge is 2.39. The quantitative estimate of drug-likeness (QED) is 0.740. The first-order valence-corrected chi connectivity index (χ1v) is 4.06. The van der Waals surface area contributed by atoms with Crippen molar-refractivity contribution in [3.63, 3.8) is 0 Å². The predicted molar refractivity (Wildman–Crippen MR) is 35.8 cm³/mol. The van der Waals surface area contributed by atoms with Crippen molar-refractivity contribution in [2.24, 2.45) is 0 Å². The summed E-state index contributed by atoms with van der Waals surface area (Å²) in [7, 11) is -2.97. The fraction of sp³-hybridized carbons (Fsp3) is 0.400. The van der Waals surface area contributed by atoms with Gasteiger partial charge in [0.15, 0.2) is 10.8 Å². The number of nitrogens with zero attached hydrogens (tertiary/aromatic N) is 1. The Balaban J connectivity index is 3.01. The summed E-state index contributed by atoms with van der Waals surface area (Å²) in [6.07, 6.45) is 0.916. The zero-order chi connectivity index (χ0) is 9.35. The van der Waals surface area contributed by atoms with Gasteiger partial charge in [-0.2, -0.15) is 18.3 Å². The molecular formula is C5H5F3N2OS. The molecule has 1 heterocycles. The number of hydrogen-bond donors (Lipinski definition) is 1. The molecule has 7 heteroatoms. The molecule has 0 saturated heterocycles. The zero-order valence-electron chi connectivity index (χ0n) is 5.97. The van der Waals surface area contributed by atoms with E-state index in [0.29, 0.717) is 0 Å². The Morgan fingerprint density at radius 2 is 2.17 bits per heavy atom. The summed E-state index contributed by atoms with van der Waals surface area (Å²) in [6.45, 7) is 1.38. The van der Waals surface area contributed by atoms with E-state index < -0.39 is 16.3 Å². The van der Waals surface area contributed by atoms with Crippen molar-refractivity contribution in [3.8, 4) is 0 Å². The zero-order valence-corrected chi connectivity index (χ0v) is 6.79. The first-order valence-electron chi connectivity index (χ1n) is 2.91. The lowest BCUT2D eigenvalue weighted by atomic mass is 10.5. The molecule has 0 saturated carbocycles. The van der Waals surface area contributed by atoms with E-state index in [1.165, 1.54) is 6.92 Å². The number of halogens is 3. The minimum Gasteiger partial charge on any atom is -0.282 e. The van der Waals surface area contributed by atoms with Crippen LogP contribution in [0.1, 0.15) is 5.69 Å². The van der Waals surface area contributed by atoms with Crippen LogP contribution in [0.3, 0.4) is 0 Å². The molecule has 3 nitrogen and oxygen atoms in total. The molecule has 0 radical (unpaired) electrons. The molecule has 1 rings (SSSR count). The average Bonchev–Trinajstić information content (AvgIpc) is 2.31. The third-order valence-electron chi connectivity index (χ3n) is 1.19. The summed E-state index contributed by atoms with van der Waals surface area (Å²) in [5, 5.41) is 5.62. The number of aromatic amines is 1. The molecule has 0 amide bonds. The van der Waals surface area contributed by atoms with Crippen LogP contribution in [0.25, 0.3) is 0 Å². The van der Waals surface area contributed by atoms with E-state index in [4.69, 9.17) is 0 Å². The van der Waals surface area contributed by atoms with Crippen LogP contribution in [-0.2, 0) is 10.8 Å². The maximum atomic E-state index is 11.9. The van der Waals surface area contributed by atoms with Gasteiger partial charge in [0.2, 0.25) is 0 Å². The lowest BCUT2D eigenvalue weighted by Gasteiger charge is -2.03. The number of hydrogen-bond acceptors (Lipinski definition) is 2. The lowest BCUT2D eigenvalue weighted by molar-refractivity contribution is -0.0384. The molecular weight excluding hydrogens is 193 g/mol. The molecule has 1 N–H and O–H groups in total. The van der Waals surface area contributed by atoms with E-state index in [-0.39, 0.29) is 10.6 Å². The van der Waals surface area contributed by atoms with E-state index in [9.17, 15) is 17.4 Å². The smallest absolute Gasteiger partial charge is 0.282 e. The second-order valence-electron chi connectivity index (χ2n) is 2.07. The van der Waals surface area contributed by atoms with Crippen LogP contribution in [0.5, 0.6) is 0 Å². The Bertz CT molecular complexity index is 306. The Kier molecular flexibility index (Phi) is 2.22. The molecule has 0 aliphatic rings. The van der Waals surface area contributed by atoms with Crippen molar-refractivity contribution >= 4 is 10.8 Å². The maximum Gasteiger partial charge on any atom is 0.475 e. The van der Waals surface area contributed by atoms with Crippen molar-refractivity contribution < 1.29 is 17.4 Å². The van der Waals surface area contributed by atoms with E-state index in [1.807, 2.05) is 0 Å². The van der Waals surface area contributed by atoms with Crippen molar-refractivity contribution in [2.45, 2.75) is 17.3 Å². The highest BCUT2D eigenvalue weighted by atomic mass is 32.2. The first-order chi connectivity index (χ1) is 5.43. The summed E-state index contributed by atoms with van der Waals surface area (Å²) in [5.74, 6) is 0. The summed E-state index contributed by atoms with van der Waals surface area (Å²) in [4.78, 5) is -0.317. The summed E-state index contributed by atoms with van der Waals surface area (Å²) >= 11 is 0. The van der Waals surface area contributed by atoms with Gasteiger partial charge in [-0.15, -0.1) is 0 Å². The standard InChI is InChI=1S/C5H5F3N2OS/c1-3-4(2-9-10-3)12(11)5(6,7)8/h2H,1H3,(H,9,10). The second kappa shape index (κ2) is 2.89. The minimum absolute atomic E-state index is 0.172. The molecule has 1 aromatic rings. The van der Waals surface area contributed by atoms with Crippen LogP contribution < -0.4 is 0 Å². The van der Waals surface area contributed by atoms with E-state index in [0.717, 1.165) is 6.20 Å². The van der Waals surface area contributed by atoms with Crippen molar-refractivity contribution in [2.75, 3.05) is 0 Å². The van der Waals surface area contributed by atoms with Crippen LogP contribution in [-0.4, -0.2) is 19.9 Å². The fourth-order valence-electron chi connectivity index (χ4n) is 0.651. The van der Waals surface area contributed by atoms with Crippen molar-refractivity contribution in [1.82, 2.24) is 10.2 Å². The number of nitrogens with one attached hydrogen (secondary N) is 1. The predicted octanol–water partition coefficient (Wildman–Crippen LogP) is 1.35. The monoisotopic (exact) mass is 198 g/mol. The van der Waals surface area contributed by atoms with Gasteiger partial charge >= 0.3 is 5.51 Å². The molecule has 68 valence electrons. The third kappa shape index (κ3) is 1.66. The van der Waals surface area contributed by atoms with Crippen molar-refractivity contribution in [1.29, 1.82) is 0 Å². The Morgan fingerprint density at radius 1 is 1.58 bits per heavy atom. The lowest BCUT2D eigenvalue weighted by Crippen LogP contribution is -2.16. The fourth-order valence-corrected chi connectivity index (χ4v) is 1.37. The molecule has 0 spiro atoms. The van der Waals surface area contributed by atoms with E-state index in [2.05, 4.69) is 10.2 Å². The van der Waals surface area contributed by atoms with Gasteiger partial charge in [0, 0.05) is 5.69 Å². The highest BCUT2D eigenvalue weighted by Crippen LogP contribution is 2.26. The normalized spacial score (nSPS) is 14.7. The average molecular weight is 198 g/mol. The molecule has 0 bridgehead atoms. The van der Waals surface area contributed by atoms with Crippen molar-refractivity contribution in [3.05, 3.63) is 11.9 Å². The SMILES string of the molecule is Cc1[nH]ncc1S(=O)C(F)(F)F. The number of alkyl halides is 3. The van der Waals surface area contributed by atoms with Gasteiger partial charge in [0.25, 0.3) is 0 Å². The molecule has 1 unspecified atom stereocenters. The third-order valence-corrected chi connectivity index (χ3v) is 2.43. The molecule has 1 atom stereocenters. The second-order valence-corrected chi connectivity index (χ2v) is 3.51. The van der Waals surface area contributed by atoms with Crippen LogP contribution in [0.4, 0.5) is 13.2 Å². The van der Waals surface area contributed by atoms with Crippen LogP contribution in [0.2, 0.25) is 0 Å². The maximum absolute atomic E-state index is 11.9. The number of rotatable bonds is 1. The minimum atomic E-state index is -4.71. The Morgan fingerprint density at radius 3 is 2.50 bits per heavy atom. The largest absolute Gasteiger partial charge is 0.475 e.